The van der Waals surface area contributed by atoms with Gasteiger partial charge in [0.25, 0.3) is 0 Å². The fourth-order valence-corrected chi connectivity index (χ4v) is 4.61. The fraction of sp³-hybridized carbons (Fsp3) is 0.900. The molecule has 1 spiro atoms. The summed E-state index contributed by atoms with van der Waals surface area (Å²) < 4.78 is 0. The van der Waals surface area contributed by atoms with Crippen LogP contribution in [0.1, 0.15) is 60.3 Å². The molecule has 3 heterocycles. The van der Waals surface area contributed by atoms with Crippen molar-refractivity contribution in [2.24, 2.45) is 5.92 Å². The third kappa shape index (κ3) is 3.63. The van der Waals surface area contributed by atoms with Crippen molar-refractivity contribution in [3.05, 3.63) is 0 Å². The molecule has 0 saturated carbocycles. The van der Waals surface area contributed by atoms with Crippen molar-refractivity contribution >= 4 is 11.8 Å². The molecule has 0 aromatic heterocycles. The highest BCUT2D eigenvalue weighted by Crippen LogP contribution is 2.37. The number of amides is 2. The molecular weight excluding hydrogens is 328 g/mol. The molecule has 0 aromatic rings. The standard InChI is InChI=1S/C20H36N4O2/c1-15(25)23-13-16(14-23)12-21-18(2,3)19(4,5)24-10-8-20(9-11-24)7-6-17(26)22-20/h16,21H,6-14H2,1-5H3,(H,22,26). The second-order valence-corrected chi connectivity index (χ2v) is 9.67. The molecule has 3 saturated heterocycles. The van der Waals surface area contributed by atoms with E-state index in [1.54, 1.807) is 6.92 Å². The second-order valence-electron chi connectivity index (χ2n) is 9.67. The maximum absolute atomic E-state index is 11.6. The first-order valence-electron chi connectivity index (χ1n) is 10.1. The van der Waals surface area contributed by atoms with E-state index in [4.69, 9.17) is 0 Å². The van der Waals surface area contributed by atoms with Crippen LogP contribution < -0.4 is 10.6 Å². The van der Waals surface area contributed by atoms with Crippen LogP contribution in [0.5, 0.6) is 0 Å². The van der Waals surface area contributed by atoms with Crippen LogP contribution in [0.15, 0.2) is 0 Å². The predicted octanol–water partition coefficient (Wildman–Crippen LogP) is 1.36. The summed E-state index contributed by atoms with van der Waals surface area (Å²) in [5, 5.41) is 7.01. The molecule has 148 valence electrons. The smallest absolute Gasteiger partial charge is 0.220 e. The summed E-state index contributed by atoms with van der Waals surface area (Å²) in [4.78, 5) is 27.5. The lowest BCUT2D eigenvalue weighted by Crippen LogP contribution is -2.68. The Morgan fingerprint density at radius 1 is 1.19 bits per heavy atom. The molecule has 3 fully saturated rings. The third-order valence-corrected chi connectivity index (χ3v) is 7.51. The van der Waals surface area contributed by atoms with E-state index < -0.39 is 0 Å². The highest BCUT2D eigenvalue weighted by atomic mass is 16.2. The number of likely N-dealkylation sites (tertiary alicyclic amines) is 2. The van der Waals surface area contributed by atoms with Crippen molar-refractivity contribution in [1.29, 1.82) is 0 Å². The first kappa shape index (κ1) is 19.6. The number of carbonyl (C=O) groups is 2. The monoisotopic (exact) mass is 364 g/mol. The minimum Gasteiger partial charge on any atom is -0.351 e. The van der Waals surface area contributed by atoms with E-state index in [0.717, 1.165) is 52.0 Å². The highest BCUT2D eigenvalue weighted by molar-refractivity contribution is 5.79. The van der Waals surface area contributed by atoms with E-state index in [0.29, 0.717) is 12.3 Å². The van der Waals surface area contributed by atoms with Gasteiger partial charge in [0, 0.05) is 68.6 Å². The van der Waals surface area contributed by atoms with Crippen LogP contribution in [-0.4, -0.2) is 71.0 Å². The molecule has 3 aliphatic heterocycles. The van der Waals surface area contributed by atoms with Crippen LogP contribution in [0.4, 0.5) is 0 Å². The quantitative estimate of drug-likeness (QED) is 0.773. The molecule has 2 amide bonds. The predicted molar refractivity (Wildman–Crippen MR) is 103 cm³/mol. The summed E-state index contributed by atoms with van der Waals surface area (Å²) in [6.45, 7) is 15.6. The Hall–Kier alpha value is -1.14. The molecule has 2 N–H and O–H groups in total. The first-order valence-corrected chi connectivity index (χ1v) is 10.1. The van der Waals surface area contributed by atoms with Crippen LogP contribution in [-0.2, 0) is 9.59 Å². The van der Waals surface area contributed by atoms with Crippen molar-refractivity contribution < 1.29 is 9.59 Å². The van der Waals surface area contributed by atoms with Crippen molar-refractivity contribution in [2.45, 2.75) is 76.9 Å². The Labute approximate surface area is 158 Å². The van der Waals surface area contributed by atoms with Gasteiger partial charge in [-0.15, -0.1) is 0 Å². The summed E-state index contributed by atoms with van der Waals surface area (Å²) in [5.74, 6) is 0.967. The lowest BCUT2D eigenvalue weighted by molar-refractivity contribution is -0.135. The van der Waals surface area contributed by atoms with Crippen LogP contribution in [0.3, 0.4) is 0 Å². The Kier molecular flexibility index (Phi) is 5.12. The lowest BCUT2D eigenvalue weighted by Gasteiger charge is -2.54. The molecule has 0 atom stereocenters. The molecule has 0 bridgehead atoms. The zero-order valence-corrected chi connectivity index (χ0v) is 17.2. The summed E-state index contributed by atoms with van der Waals surface area (Å²) in [6.07, 6.45) is 3.79. The maximum atomic E-state index is 11.6. The first-order chi connectivity index (χ1) is 12.0. The SMILES string of the molecule is CC(=O)N1CC(CNC(C)(C)C(C)(C)N2CCC3(CCC(=O)N3)CC2)C1. The topological polar surface area (TPSA) is 64.7 Å². The number of piperidine rings is 1. The Bertz CT molecular complexity index is 558. The molecule has 6 heteroatoms. The highest BCUT2D eigenvalue weighted by Gasteiger charge is 2.47. The molecule has 3 rings (SSSR count). The van der Waals surface area contributed by atoms with Crippen molar-refractivity contribution in [3.8, 4) is 0 Å². The van der Waals surface area contributed by atoms with Gasteiger partial charge in [0.1, 0.15) is 0 Å². The van der Waals surface area contributed by atoms with E-state index in [9.17, 15) is 9.59 Å². The van der Waals surface area contributed by atoms with Gasteiger partial charge in [-0.25, -0.2) is 0 Å². The summed E-state index contributed by atoms with van der Waals surface area (Å²) >= 11 is 0. The van der Waals surface area contributed by atoms with Gasteiger partial charge in [0.05, 0.1) is 0 Å². The van der Waals surface area contributed by atoms with E-state index >= 15 is 0 Å². The molecule has 3 aliphatic rings. The molecular formula is C20H36N4O2. The molecule has 6 nitrogen and oxygen atoms in total. The average Bonchev–Trinajstić information content (AvgIpc) is 2.86. The van der Waals surface area contributed by atoms with E-state index in [1.165, 1.54) is 0 Å². The number of nitrogens with one attached hydrogen (secondary N) is 2. The average molecular weight is 365 g/mol. The Morgan fingerprint density at radius 3 is 2.31 bits per heavy atom. The van der Waals surface area contributed by atoms with Gasteiger partial charge in [0.2, 0.25) is 11.8 Å². The summed E-state index contributed by atoms with van der Waals surface area (Å²) in [6, 6.07) is 0. The third-order valence-electron chi connectivity index (χ3n) is 7.51. The Morgan fingerprint density at radius 2 is 1.81 bits per heavy atom. The fourth-order valence-electron chi connectivity index (χ4n) is 4.61. The lowest BCUT2D eigenvalue weighted by atomic mass is 9.77. The number of rotatable bonds is 5. The minimum atomic E-state index is -0.0347. The number of hydrogen-bond donors (Lipinski definition) is 2. The van der Waals surface area contributed by atoms with Crippen LogP contribution in [0, 0.1) is 5.92 Å². The number of nitrogens with zero attached hydrogens (tertiary/aromatic N) is 2. The zero-order valence-electron chi connectivity index (χ0n) is 17.2. The van der Waals surface area contributed by atoms with Gasteiger partial charge in [-0.05, 0) is 47.0 Å². The number of hydrogen-bond acceptors (Lipinski definition) is 4. The molecule has 0 aromatic carbocycles. The van der Waals surface area contributed by atoms with E-state index in [2.05, 4.69) is 43.2 Å². The van der Waals surface area contributed by atoms with Gasteiger partial charge < -0.3 is 15.5 Å². The zero-order chi connectivity index (χ0) is 19.2. The van der Waals surface area contributed by atoms with E-state index in [-0.39, 0.29) is 28.4 Å². The van der Waals surface area contributed by atoms with Crippen LogP contribution >= 0.6 is 0 Å². The maximum Gasteiger partial charge on any atom is 0.220 e. The normalized spacial score (nSPS) is 24.7. The summed E-state index contributed by atoms with van der Waals surface area (Å²) in [5.41, 5.74) is 0.0393. The van der Waals surface area contributed by atoms with Gasteiger partial charge in [-0.1, -0.05) is 0 Å². The summed E-state index contributed by atoms with van der Waals surface area (Å²) in [7, 11) is 0. The van der Waals surface area contributed by atoms with Crippen LogP contribution in [0.2, 0.25) is 0 Å². The largest absolute Gasteiger partial charge is 0.351 e. The Balaban J connectivity index is 1.52. The second kappa shape index (κ2) is 6.79. The number of carbonyl (C=O) groups excluding carboxylic acids is 2. The molecule has 0 unspecified atom stereocenters. The van der Waals surface area contributed by atoms with Crippen molar-refractivity contribution in [2.75, 3.05) is 32.7 Å². The van der Waals surface area contributed by atoms with Crippen molar-refractivity contribution in [1.82, 2.24) is 20.4 Å². The van der Waals surface area contributed by atoms with Gasteiger partial charge in [-0.2, -0.15) is 0 Å². The molecule has 0 aliphatic carbocycles. The molecule has 26 heavy (non-hydrogen) atoms. The van der Waals surface area contributed by atoms with Gasteiger partial charge in [0.15, 0.2) is 0 Å². The molecule has 0 radical (unpaired) electrons. The van der Waals surface area contributed by atoms with Crippen LogP contribution in [0.25, 0.3) is 0 Å². The van der Waals surface area contributed by atoms with Gasteiger partial charge in [-0.3, -0.25) is 14.5 Å². The van der Waals surface area contributed by atoms with E-state index in [1.807, 2.05) is 4.90 Å². The minimum absolute atomic E-state index is 0.0151. The van der Waals surface area contributed by atoms with Gasteiger partial charge >= 0.3 is 0 Å². The van der Waals surface area contributed by atoms with Crippen molar-refractivity contribution in [3.63, 3.8) is 0 Å².